The fraction of sp³-hybridized carbons (Fsp3) is 0.556. The van der Waals surface area contributed by atoms with Gasteiger partial charge in [0.15, 0.2) is 0 Å². The van der Waals surface area contributed by atoms with Gasteiger partial charge >= 0.3 is 0 Å². The molecule has 1 heterocycles. The number of anilines is 2. The fourth-order valence-corrected chi connectivity index (χ4v) is 1.13. The molecule has 5 heteroatoms. The zero-order chi connectivity index (χ0) is 10.6. The van der Waals surface area contributed by atoms with E-state index in [-0.39, 0.29) is 5.54 Å². The molecule has 0 saturated heterocycles. The van der Waals surface area contributed by atoms with Crippen LogP contribution in [-0.2, 0) is 4.74 Å². The molecule has 0 saturated carbocycles. The third-order valence-electron chi connectivity index (χ3n) is 1.63. The highest BCUT2D eigenvalue weighted by Gasteiger charge is 2.18. The maximum Gasteiger partial charge on any atom is 0.225 e. The van der Waals surface area contributed by atoms with E-state index in [1.165, 1.54) is 0 Å². The fourth-order valence-electron chi connectivity index (χ4n) is 1.13. The summed E-state index contributed by atoms with van der Waals surface area (Å²) in [7, 11) is 1.66. The van der Waals surface area contributed by atoms with Crippen molar-refractivity contribution in [3.8, 4) is 0 Å². The van der Waals surface area contributed by atoms with Gasteiger partial charge in [0, 0.05) is 13.3 Å². The minimum absolute atomic E-state index is 0.206. The normalized spacial score (nSPS) is 11.4. The number of nitrogen functional groups attached to an aromatic ring is 1. The quantitative estimate of drug-likeness (QED) is 0.748. The molecule has 0 spiro atoms. The van der Waals surface area contributed by atoms with E-state index in [0.29, 0.717) is 18.4 Å². The zero-order valence-electron chi connectivity index (χ0n) is 8.74. The second-order valence-electron chi connectivity index (χ2n) is 3.75. The summed E-state index contributed by atoms with van der Waals surface area (Å²) >= 11 is 0. The smallest absolute Gasteiger partial charge is 0.225 e. The molecule has 0 bridgehead atoms. The van der Waals surface area contributed by atoms with Crippen LogP contribution in [0.15, 0.2) is 12.3 Å². The van der Waals surface area contributed by atoms with E-state index >= 15 is 0 Å². The van der Waals surface area contributed by atoms with Crippen molar-refractivity contribution in [2.24, 2.45) is 0 Å². The summed E-state index contributed by atoms with van der Waals surface area (Å²) in [5, 5.41) is 3.13. The van der Waals surface area contributed by atoms with Gasteiger partial charge in [0.1, 0.15) is 5.82 Å². The summed E-state index contributed by atoms with van der Waals surface area (Å²) in [5.74, 6) is 0.975. The van der Waals surface area contributed by atoms with Gasteiger partial charge in [-0.05, 0) is 19.9 Å². The zero-order valence-corrected chi connectivity index (χ0v) is 8.74. The van der Waals surface area contributed by atoms with E-state index in [0.717, 1.165) is 0 Å². The first kappa shape index (κ1) is 10.7. The van der Waals surface area contributed by atoms with E-state index in [9.17, 15) is 0 Å². The van der Waals surface area contributed by atoms with Crippen LogP contribution in [-0.4, -0.2) is 29.2 Å². The Hall–Kier alpha value is -1.36. The molecule has 78 valence electrons. The van der Waals surface area contributed by atoms with Crippen molar-refractivity contribution < 1.29 is 4.74 Å². The van der Waals surface area contributed by atoms with Crippen LogP contribution in [0, 0.1) is 0 Å². The maximum absolute atomic E-state index is 5.53. The highest BCUT2D eigenvalue weighted by molar-refractivity contribution is 5.36. The van der Waals surface area contributed by atoms with E-state index in [4.69, 9.17) is 10.5 Å². The Kier molecular flexibility index (Phi) is 3.24. The van der Waals surface area contributed by atoms with Gasteiger partial charge in [-0.1, -0.05) is 0 Å². The highest BCUT2D eigenvalue weighted by Crippen LogP contribution is 2.11. The van der Waals surface area contributed by atoms with Crippen LogP contribution in [0.1, 0.15) is 13.8 Å². The molecule has 3 N–H and O–H groups in total. The van der Waals surface area contributed by atoms with Crippen LogP contribution in [0.4, 0.5) is 11.8 Å². The van der Waals surface area contributed by atoms with E-state index in [2.05, 4.69) is 15.3 Å². The first-order chi connectivity index (χ1) is 6.53. The monoisotopic (exact) mass is 196 g/mol. The van der Waals surface area contributed by atoms with Crippen LogP contribution >= 0.6 is 0 Å². The Morgan fingerprint density at radius 2 is 2.29 bits per heavy atom. The van der Waals surface area contributed by atoms with Crippen molar-refractivity contribution in [1.82, 2.24) is 9.97 Å². The standard InChI is InChI=1S/C9H16N4O/c1-9(2,6-14-3)13-8-11-5-4-7(10)12-8/h4-5H,6H2,1-3H3,(H3,10,11,12,13). The lowest BCUT2D eigenvalue weighted by Gasteiger charge is -2.25. The molecular weight excluding hydrogens is 180 g/mol. The minimum atomic E-state index is -0.206. The molecule has 0 amide bonds. The van der Waals surface area contributed by atoms with Crippen LogP contribution in [0.5, 0.6) is 0 Å². The lowest BCUT2D eigenvalue weighted by molar-refractivity contribution is 0.158. The van der Waals surface area contributed by atoms with Gasteiger partial charge in [-0.2, -0.15) is 4.98 Å². The first-order valence-corrected chi connectivity index (χ1v) is 4.39. The average molecular weight is 196 g/mol. The van der Waals surface area contributed by atoms with Gasteiger partial charge in [0.05, 0.1) is 12.1 Å². The number of nitrogens with zero attached hydrogens (tertiary/aromatic N) is 2. The van der Waals surface area contributed by atoms with Crippen molar-refractivity contribution in [1.29, 1.82) is 0 Å². The van der Waals surface area contributed by atoms with E-state index in [1.807, 2.05) is 13.8 Å². The number of hydrogen-bond donors (Lipinski definition) is 2. The lowest BCUT2D eigenvalue weighted by atomic mass is 10.1. The van der Waals surface area contributed by atoms with Crippen molar-refractivity contribution >= 4 is 11.8 Å². The topological polar surface area (TPSA) is 73.1 Å². The Bertz CT molecular complexity index is 301. The second-order valence-corrected chi connectivity index (χ2v) is 3.75. The highest BCUT2D eigenvalue weighted by atomic mass is 16.5. The van der Waals surface area contributed by atoms with Crippen LogP contribution < -0.4 is 11.1 Å². The van der Waals surface area contributed by atoms with Gasteiger partial charge in [-0.3, -0.25) is 0 Å². The van der Waals surface area contributed by atoms with Crippen LogP contribution in [0.2, 0.25) is 0 Å². The second kappa shape index (κ2) is 4.23. The van der Waals surface area contributed by atoms with Gasteiger partial charge in [-0.25, -0.2) is 4.98 Å². The predicted octanol–water partition coefficient (Wildman–Crippen LogP) is 0.896. The molecule has 1 aromatic rings. The lowest BCUT2D eigenvalue weighted by Crippen LogP contribution is -2.36. The summed E-state index contributed by atoms with van der Waals surface area (Å²) in [4.78, 5) is 8.09. The Labute approximate surface area is 83.7 Å². The third-order valence-corrected chi connectivity index (χ3v) is 1.63. The predicted molar refractivity (Wildman–Crippen MR) is 56.0 cm³/mol. The van der Waals surface area contributed by atoms with Crippen molar-refractivity contribution in [2.75, 3.05) is 24.8 Å². The van der Waals surface area contributed by atoms with Crippen molar-refractivity contribution in [2.45, 2.75) is 19.4 Å². The number of nitrogens with two attached hydrogens (primary N) is 1. The molecule has 1 rings (SSSR count). The van der Waals surface area contributed by atoms with Gasteiger partial charge in [-0.15, -0.1) is 0 Å². The number of nitrogens with one attached hydrogen (secondary N) is 1. The molecule has 0 atom stereocenters. The Morgan fingerprint density at radius 1 is 1.57 bits per heavy atom. The number of hydrogen-bond acceptors (Lipinski definition) is 5. The molecule has 0 fully saturated rings. The summed E-state index contributed by atoms with van der Waals surface area (Å²) in [6.45, 7) is 4.58. The Morgan fingerprint density at radius 3 is 2.86 bits per heavy atom. The SMILES string of the molecule is COCC(C)(C)Nc1nccc(N)n1. The molecule has 0 aliphatic carbocycles. The van der Waals surface area contributed by atoms with Gasteiger partial charge in [0.2, 0.25) is 5.95 Å². The molecule has 0 aliphatic heterocycles. The summed E-state index contributed by atoms with van der Waals surface area (Å²) in [6.07, 6.45) is 1.62. The molecule has 14 heavy (non-hydrogen) atoms. The summed E-state index contributed by atoms with van der Waals surface area (Å²) in [6, 6.07) is 1.65. The molecule has 0 aliphatic rings. The van der Waals surface area contributed by atoms with E-state index < -0.39 is 0 Å². The van der Waals surface area contributed by atoms with Crippen LogP contribution in [0.25, 0.3) is 0 Å². The van der Waals surface area contributed by atoms with E-state index in [1.54, 1.807) is 19.4 Å². The number of rotatable bonds is 4. The summed E-state index contributed by atoms with van der Waals surface area (Å²) in [5.41, 5.74) is 5.32. The number of methoxy groups -OCH3 is 1. The first-order valence-electron chi connectivity index (χ1n) is 4.39. The summed E-state index contributed by atoms with van der Waals surface area (Å²) < 4.78 is 5.06. The number of aromatic nitrogens is 2. The van der Waals surface area contributed by atoms with Crippen molar-refractivity contribution in [3.05, 3.63) is 12.3 Å². The molecule has 5 nitrogen and oxygen atoms in total. The molecule has 0 unspecified atom stereocenters. The molecular formula is C9H16N4O. The largest absolute Gasteiger partial charge is 0.384 e. The molecule has 0 radical (unpaired) electrons. The van der Waals surface area contributed by atoms with Gasteiger partial charge < -0.3 is 15.8 Å². The average Bonchev–Trinajstić information content (AvgIpc) is 2.02. The molecule has 0 aromatic carbocycles. The molecule has 1 aromatic heterocycles. The minimum Gasteiger partial charge on any atom is -0.384 e. The Balaban J connectivity index is 2.68. The van der Waals surface area contributed by atoms with Crippen molar-refractivity contribution in [3.63, 3.8) is 0 Å². The number of ether oxygens (including phenoxy) is 1. The van der Waals surface area contributed by atoms with Gasteiger partial charge in [0.25, 0.3) is 0 Å². The third kappa shape index (κ3) is 3.18. The maximum atomic E-state index is 5.53. The van der Waals surface area contributed by atoms with Crippen LogP contribution in [0.3, 0.4) is 0 Å².